The van der Waals surface area contributed by atoms with Gasteiger partial charge in [0.25, 0.3) is 0 Å². The summed E-state index contributed by atoms with van der Waals surface area (Å²) in [7, 11) is 0. The van der Waals surface area contributed by atoms with E-state index in [0.29, 0.717) is 5.82 Å². The van der Waals surface area contributed by atoms with Crippen LogP contribution in [-0.4, -0.2) is 31.6 Å². The normalized spacial score (nSPS) is 10.9. The maximum absolute atomic E-state index is 12.6. The number of anilines is 1. The number of para-hydroxylation sites is 1. The molecule has 2 aromatic heterocycles. The molecule has 0 bridgehead atoms. The van der Waals surface area contributed by atoms with E-state index in [4.69, 9.17) is 5.10 Å². The first-order chi connectivity index (χ1) is 14.6. The third-order valence-corrected chi connectivity index (χ3v) is 6.44. The summed E-state index contributed by atoms with van der Waals surface area (Å²) in [4.78, 5) is 12.6. The Labute approximate surface area is 183 Å². The summed E-state index contributed by atoms with van der Waals surface area (Å²) in [6.45, 7) is 4.03. The molecule has 0 atom stereocenters. The van der Waals surface area contributed by atoms with Gasteiger partial charge in [-0.3, -0.25) is 4.79 Å². The van der Waals surface area contributed by atoms with Crippen LogP contribution in [0.25, 0.3) is 16.9 Å². The number of rotatable bonds is 7. The van der Waals surface area contributed by atoms with E-state index in [0.717, 1.165) is 32.7 Å². The average Bonchev–Trinajstić information content (AvgIpc) is 3.39. The average molecular weight is 436 g/mol. The fraction of sp³-hybridized carbons (Fsp3) is 0.182. The molecular weight excluding hydrogens is 414 g/mol. The highest BCUT2D eigenvalue weighted by atomic mass is 32.2. The molecule has 1 N–H and O–H groups in total. The summed E-state index contributed by atoms with van der Waals surface area (Å²) in [6, 6.07) is 20.0. The fourth-order valence-corrected chi connectivity index (χ4v) is 4.55. The quantitative estimate of drug-likeness (QED) is 0.414. The number of benzene rings is 2. The molecule has 0 aliphatic carbocycles. The summed E-state index contributed by atoms with van der Waals surface area (Å²) < 4.78 is 2.55. The Kier molecular flexibility index (Phi) is 6.25. The largest absolute Gasteiger partial charge is 0.310 e. The van der Waals surface area contributed by atoms with Crippen LogP contribution in [0.2, 0.25) is 0 Å². The minimum Gasteiger partial charge on any atom is -0.310 e. The summed E-state index contributed by atoms with van der Waals surface area (Å²) >= 11 is 2.86. The van der Waals surface area contributed by atoms with Crippen LogP contribution in [0.1, 0.15) is 17.5 Å². The predicted octanol–water partition coefficient (Wildman–Crippen LogP) is 4.99. The van der Waals surface area contributed by atoms with Gasteiger partial charge in [0.1, 0.15) is 10.8 Å². The van der Waals surface area contributed by atoms with Gasteiger partial charge in [0.2, 0.25) is 5.91 Å². The molecule has 0 fully saturated rings. The van der Waals surface area contributed by atoms with Gasteiger partial charge in [-0.05, 0) is 31.0 Å². The van der Waals surface area contributed by atoms with Crippen LogP contribution in [0.4, 0.5) is 5.82 Å². The van der Waals surface area contributed by atoms with Crippen molar-refractivity contribution < 1.29 is 4.79 Å². The molecule has 4 aromatic rings. The molecule has 152 valence electrons. The first-order valence-electron chi connectivity index (χ1n) is 9.60. The van der Waals surface area contributed by atoms with Gasteiger partial charge in [0.15, 0.2) is 4.34 Å². The predicted molar refractivity (Wildman–Crippen MR) is 122 cm³/mol. The Morgan fingerprint density at radius 1 is 1.10 bits per heavy atom. The van der Waals surface area contributed by atoms with Crippen LogP contribution in [0.15, 0.2) is 65.0 Å². The van der Waals surface area contributed by atoms with Crippen molar-refractivity contribution in [3.63, 3.8) is 0 Å². The molecule has 2 aromatic carbocycles. The Morgan fingerprint density at radius 2 is 1.87 bits per heavy atom. The molecule has 0 radical (unpaired) electrons. The minimum atomic E-state index is -0.113. The number of hydrogen-bond acceptors (Lipinski definition) is 6. The molecule has 4 rings (SSSR count). The smallest absolute Gasteiger partial charge is 0.235 e. The zero-order valence-electron chi connectivity index (χ0n) is 16.7. The molecule has 0 saturated heterocycles. The summed E-state index contributed by atoms with van der Waals surface area (Å²) in [6.07, 6.45) is 0.992. The number of carbonyl (C=O) groups excluding carboxylic acids is 1. The van der Waals surface area contributed by atoms with Gasteiger partial charge in [-0.1, -0.05) is 72.5 Å². The lowest BCUT2D eigenvalue weighted by Crippen LogP contribution is -2.16. The second-order valence-corrected chi connectivity index (χ2v) is 9.04. The lowest BCUT2D eigenvalue weighted by Gasteiger charge is -2.08. The molecule has 8 heteroatoms. The first-order valence-corrected chi connectivity index (χ1v) is 11.4. The topological polar surface area (TPSA) is 72.7 Å². The highest BCUT2D eigenvalue weighted by Gasteiger charge is 2.15. The van der Waals surface area contributed by atoms with Crippen molar-refractivity contribution in [2.24, 2.45) is 0 Å². The van der Waals surface area contributed by atoms with Crippen LogP contribution in [0.3, 0.4) is 0 Å². The van der Waals surface area contributed by atoms with Crippen molar-refractivity contribution in [3.05, 3.63) is 71.2 Å². The van der Waals surface area contributed by atoms with Crippen molar-refractivity contribution >= 4 is 34.8 Å². The maximum Gasteiger partial charge on any atom is 0.235 e. The number of nitrogens with one attached hydrogen (secondary N) is 1. The van der Waals surface area contributed by atoms with Crippen LogP contribution < -0.4 is 5.32 Å². The Hall–Kier alpha value is -2.97. The highest BCUT2D eigenvalue weighted by Crippen LogP contribution is 2.26. The van der Waals surface area contributed by atoms with Crippen molar-refractivity contribution in [1.29, 1.82) is 0 Å². The fourth-order valence-electron chi connectivity index (χ4n) is 2.93. The van der Waals surface area contributed by atoms with Crippen molar-refractivity contribution in [1.82, 2.24) is 20.0 Å². The summed E-state index contributed by atoms with van der Waals surface area (Å²) in [5, 5.41) is 16.7. The zero-order chi connectivity index (χ0) is 20.9. The van der Waals surface area contributed by atoms with E-state index in [1.807, 2.05) is 43.3 Å². The van der Waals surface area contributed by atoms with Gasteiger partial charge in [-0.2, -0.15) is 5.10 Å². The molecular formula is C22H21N5OS2. The molecule has 0 saturated carbocycles. The number of amides is 1. The lowest BCUT2D eigenvalue weighted by atomic mass is 10.1. The van der Waals surface area contributed by atoms with Gasteiger partial charge < -0.3 is 5.32 Å². The van der Waals surface area contributed by atoms with E-state index < -0.39 is 0 Å². The number of nitrogens with zero attached hydrogens (tertiary/aromatic N) is 4. The number of thioether (sulfide) groups is 1. The zero-order valence-corrected chi connectivity index (χ0v) is 18.3. The standard InChI is InChI=1S/C22H21N5OS2/c1-3-16-9-11-17(12-10-16)19-13-20(27(26-19)18-7-5-4-6-8-18)23-21(28)14-29-22-25-24-15(2)30-22/h4-13H,3,14H2,1-2H3,(H,23,28). The second-order valence-electron chi connectivity index (χ2n) is 6.64. The van der Waals surface area contributed by atoms with Gasteiger partial charge in [0.05, 0.1) is 17.1 Å². The molecule has 2 heterocycles. The molecule has 1 amide bonds. The molecule has 0 spiro atoms. The van der Waals surface area contributed by atoms with Crippen molar-refractivity contribution in [2.45, 2.75) is 24.6 Å². The van der Waals surface area contributed by atoms with E-state index in [2.05, 4.69) is 46.7 Å². The monoisotopic (exact) mass is 435 g/mol. The van der Waals surface area contributed by atoms with E-state index in [9.17, 15) is 4.79 Å². The highest BCUT2D eigenvalue weighted by molar-refractivity contribution is 8.01. The number of aromatic nitrogens is 4. The Bertz CT molecular complexity index is 1140. The van der Waals surface area contributed by atoms with Gasteiger partial charge >= 0.3 is 0 Å². The number of hydrogen-bond donors (Lipinski definition) is 1. The van der Waals surface area contributed by atoms with Crippen molar-refractivity contribution in [2.75, 3.05) is 11.1 Å². The SMILES string of the molecule is CCc1ccc(-c2cc(NC(=O)CSc3nnc(C)s3)n(-c3ccccc3)n2)cc1. The van der Waals surface area contributed by atoms with Gasteiger partial charge in [0, 0.05) is 11.6 Å². The minimum absolute atomic E-state index is 0.113. The third kappa shape index (κ3) is 4.77. The van der Waals surface area contributed by atoms with Crippen LogP contribution in [0, 0.1) is 6.92 Å². The van der Waals surface area contributed by atoms with Gasteiger partial charge in [-0.25, -0.2) is 4.68 Å². The maximum atomic E-state index is 12.6. The molecule has 30 heavy (non-hydrogen) atoms. The first kappa shape index (κ1) is 20.3. The van der Waals surface area contributed by atoms with Crippen LogP contribution in [-0.2, 0) is 11.2 Å². The Balaban J connectivity index is 1.58. The number of carbonyl (C=O) groups is 1. The van der Waals surface area contributed by atoms with E-state index in [1.165, 1.54) is 28.7 Å². The van der Waals surface area contributed by atoms with E-state index in [1.54, 1.807) is 4.68 Å². The third-order valence-electron chi connectivity index (χ3n) is 4.47. The Morgan fingerprint density at radius 3 is 2.53 bits per heavy atom. The van der Waals surface area contributed by atoms with E-state index >= 15 is 0 Å². The summed E-state index contributed by atoms with van der Waals surface area (Å²) in [5.74, 6) is 0.780. The molecule has 0 aliphatic rings. The van der Waals surface area contributed by atoms with Gasteiger partial charge in [-0.15, -0.1) is 10.2 Å². The van der Waals surface area contributed by atoms with Crippen LogP contribution in [0.5, 0.6) is 0 Å². The van der Waals surface area contributed by atoms with E-state index in [-0.39, 0.29) is 11.7 Å². The summed E-state index contributed by atoms with van der Waals surface area (Å²) in [5.41, 5.74) is 3.98. The van der Waals surface area contributed by atoms with Crippen LogP contribution >= 0.6 is 23.1 Å². The number of aryl methyl sites for hydroxylation is 2. The second kappa shape index (κ2) is 9.23. The van der Waals surface area contributed by atoms with Crippen molar-refractivity contribution in [3.8, 4) is 16.9 Å². The molecule has 6 nitrogen and oxygen atoms in total. The lowest BCUT2D eigenvalue weighted by molar-refractivity contribution is -0.113. The molecule has 0 aliphatic heterocycles. The molecule has 0 unspecified atom stereocenters.